The summed E-state index contributed by atoms with van der Waals surface area (Å²) in [7, 11) is 1.83. The molecule has 0 spiro atoms. The Labute approximate surface area is 188 Å². The van der Waals surface area contributed by atoms with Crippen LogP contribution in [0, 0.1) is 24.0 Å². The summed E-state index contributed by atoms with van der Waals surface area (Å²) in [6.07, 6.45) is 0.506. The van der Waals surface area contributed by atoms with Crippen molar-refractivity contribution >= 4 is 35.0 Å². The summed E-state index contributed by atoms with van der Waals surface area (Å²) in [5.74, 6) is 0.808. The molecule has 0 fully saturated rings. The second kappa shape index (κ2) is 9.92. The fourth-order valence-electron chi connectivity index (χ4n) is 3.05. The Morgan fingerprint density at radius 2 is 1.97 bits per heavy atom. The topological polar surface area (TPSA) is 121 Å². The first-order valence-electron chi connectivity index (χ1n) is 9.47. The average molecular weight is 464 g/mol. The molecule has 12 heteroatoms. The van der Waals surface area contributed by atoms with Crippen LogP contribution in [0.1, 0.15) is 22.8 Å². The molecule has 1 amide bonds. The van der Waals surface area contributed by atoms with Gasteiger partial charge in [-0.1, -0.05) is 35.5 Å². The number of nitrogens with zero attached hydrogens (tertiary/aromatic N) is 6. The average Bonchev–Trinajstić information content (AvgIpc) is 3.22. The Morgan fingerprint density at radius 1 is 1.26 bits per heavy atom. The van der Waals surface area contributed by atoms with E-state index in [0.29, 0.717) is 46.9 Å². The van der Waals surface area contributed by atoms with Crippen LogP contribution in [-0.4, -0.2) is 41.1 Å². The number of thioether (sulfide) groups is 1. The summed E-state index contributed by atoms with van der Waals surface area (Å²) in [5, 5.41) is 27.8. The monoisotopic (exact) mass is 463 g/mol. The van der Waals surface area contributed by atoms with Crippen molar-refractivity contribution in [2.45, 2.75) is 38.5 Å². The minimum Gasteiger partial charge on any atom is -0.351 e. The third-order valence-corrected chi connectivity index (χ3v) is 6.01. The van der Waals surface area contributed by atoms with Crippen molar-refractivity contribution in [3.63, 3.8) is 0 Å². The number of amides is 1. The van der Waals surface area contributed by atoms with Gasteiger partial charge in [0.05, 0.1) is 10.7 Å². The lowest BCUT2D eigenvalue weighted by Crippen LogP contribution is -2.24. The van der Waals surface area contributed by atoms with Crippen LogP contribution in [0.5, 0.6) is 0 Å². The molecule has 3 rings (SSSR count). The number of hydrogen-bond acceptors (Lipinski definition) is 7. The number of halogens is 1. The quantitative estimate of drug-likeness (QED) is 0.294. The van der Waals surface area contributed by atoms with E-state index < -0.39 is 4.92 Å². The SMILES string of the molecule is Cc1nn(CCc2nnc(SCC(=O)NCc3ccc(Cl)cc3)n2C)c(C)c1[N+](=O)[O-]. The molecule has 0 atom stereocenters. The number of aromatic nitrogens is 5. The van der Waals surface area contributed by atoms with E-state index in [9.17, 15) is 14.9 Å². The molecule has 0 aliphatic carbocycles. The van der Waals surface area contributed by atoms with E-state index in [4.69, 9.17) is 11.6 Å². The molecular weight excluding hydrogens is 442 g/mol. The predicted molar refractivity (Wildman–Crippen MR) is 117 cm³/mol. The van der Waals surface area contributed by atoms with Crippen molar-refractivity contribution in [1.29, 1.82) is 0 Å². The Balaban J connectivity index is 1.52. The second-order valence-electron chi connectivity index (χ2n) is 6.90. The van der Waals surface area contributed by atoms with Crippen molar-refractivity contribution < 1.29 is 9.72 Å². The summed E-state index contributed by atoms with van der Waals surface area (Å²) in [6.45, 7) is 4.17. The molecule has 0 aliphatic heterocycles. The van der Waals surface area contributed by atoms with Gasteiger partial charge in [-0.05, 0) is 31.5 Å². The Bertz CT molecular complexity index is 1090. The van der Waals surface area contributed by atoms with Crippen molar-refractivity contribution in [1.82, 2.24) is 29.9 Å². The first kappa shape index (κ1) is 22.8. The molecule has 1 aromatic carbocycles. The van der Waals surface area contributed by atoms with Crippen LogP contribution in [0.3, 0.4) is 0 Å². The van der Waals surface area contributed by atoms with E-state index in [1.807, 2.05) is 23.7 Å². The van der Waals surface area contributed by atoms with Crippen LogP contribution in [0.4, 0.5) is 5.69 Å². The van der Waals surface area contributed by atoms with Gasteiger partial charge in [-0.3, -0.25) is 19.6 Å². The summed E-state index contributed by atoms with van der Waals surface area (Å²) in [6, 6.07) is 7.29. The smallest absolute Gasteiger partial charge is 0.312 e. The van der Waals surface area contributed by atoms with Gasteiger partial charge in [-0.25, -0.2) is 0 Å². The lowest BCUT2D eigenvalue weighted by Gasteiger charge is -2.06. The van der Waals surface area contributed by atoms with Gasteiger partial charge in [0.1, 0.15) is 17.2 Å². The molecule has 0 unspecified atom stereocenters. The highest BCUT2D eigenvalue weighted by molar-refractivity contribution is 7.99. The van der Waals surface area contributed by atoms with Gasteiger partial charge in [-0.15, -0.1) is 10.2 Å². The number of nitrogens with one attached hydrogen (secondary N) is 1. The zero-order chi connectivity index (χ0) is 22.5. The molecule has 1 N–H and O–H groups in total. The first-order valence-corrected chi connectivity index (χ1v) is 10.8. The van der Waals surface area contributed by atoms with Crippen LogP contribution in [0.2, 0.25) is 5.02 Å². The van der Waals surface area contributed by atoms with Crippen molar-refractivity contribution in [3.05, 3.63) is 62.2 Å². The van der Waals surface area contributed by atoms with E-state index in [0.717, 1.165) is 5.56 Å². The van der Waals surface area contributed by atoms with Gasteiger partial charge in [0.25, 0.3) is 0 Å². The van der Waals surface area contributed by atoms with Crippen LogP contribution in [0.25, 0.3) is 0 Å². The lowest BCUT2D eigenvalue weighted by molar-refractivity contribution is -0.386. The normalized spacial score (nSPS) is 11.0. The number of carbonyl (C=O) groups excluding carboxylic acids is 1. The van der Waals surface area contributed by atoms with Crippen molar-refractivity contribution in [2.24, 2.45) is 7.05 Å². The van der Waals surface area contributed by atoms with E-state index in [1.54, 1.807) is 30.7 Å². The molecule has 31 heavy (non-hydrogen) atoms. The second-order valence-corrected chi connectivity index (χ2v) is 8.28. The molecule has 10 nitrogen and oxygen atoms in total. The summed E-state index contributed by atoms with van der Waals surface area (Å²) in [4.78, 5) is 22.9. The third kappa shape index (κ3) is 5.61. The molecule has 2 heterocycles. The standard InChI is InChI=1S/C19H22ClN7O3S/c1-12-18(27(29)30)13(2)26(24-12)9-8-16-22-23-19(25(16)3)31-11-17(28)21-10-14-4-6-15(20)7-5-14/h4-7H,8-11H2,1-3H3,(H,21,28). The first-order chi connectivity index (χ1) is 14.8. The Kier molecular flexibility index (Phi) is 7.29. The molecule has 3 aromatic rings. The number of nitro groups is 1. The summed E-state index contributed by atoms with van der Waals surface area (Å²) in [5.41, 5.74) is 1.91. The van der Waals surface area contributed by atoms with E-state index in [2.05, 4.69) is 20.6 Å². The number of benzene rings is 1. The van der Waals surface area contributed by atoms with Gasteiger partial charge in [-0.2, -0.15) is 5.10 Å². The summed E-state index contributed by atoms with van der Waals surface area (Å²) >= 11 is 7.15. The molecule has 0 aliphatic rings. The van der Waals surface area contributed by atoms with Gasteiger partial charge in [0, 0.05) is 31.6 Å². The van der Waals surface area contributed by atoms with Gasteiger partial charge < -0.3 is 9.88 Å². The lowest BCUT2D eigenvalue weighted by atomic mass is 10.2. The number of rotatable bonds is 9. The molecular formula is C19H22ClN7O3S. The summed E-state index contributed by atoms with van der Waals surface area (Å²) < 4.78 is 3.43. The minimum atomic E-state index is -0.413. The highest BCUT2D eigenvalue weighted by Gasteiger charge is 2.22. The molecule has 0 bridgehead atoms. The van der Waals surface area contributed by atoms with E-state index >= 15 is 0 Å². The van der Waals surface area contributed by atoms with Crippen LogP contribution >= 0.6 is 23.4 Å². The highest BCUT2D eigenvalue weighted by Crippen LogP contribution is 2.22. The molecule has 0 radical (unpaired) electrons. The highest BCUT2D eigenvalue weighted by atomic mass is 35.5. The molecule has 0 saturated carbocycles. The molecule has 2 aromatic heterocycles. The van der Waals surface area contributed by atoms with Gasteiger partial charge in [0.15, 0.2) is 5.16 Å². The van der Waals surface area contributed by atoms with Crippen molar-refractivity contribution in [3.8, 4) is 0 Å². The molecule has 0 saturated heterocycles. The maximum absolute atomic E-state index is 12.1. The predicted octanol–water partition coefficient (Wildman–Crippen LogP) is 2.84. The fraction of sp³-hybridized carbons (Fsp3) is 0.368. The van der Waals surface area contributed by atoms with Crippen LogP contribution in [0.15, 0.2) is 29.4 Å². The molecule has 164 valence electrons. The minimum absolute atomic E-state index is 0.0406. The van der Waals surface area contributed by atoms with Gasteiger partial charge >= 0.3 is 5.69 Å². The maximum atomic E-state index is 12.1. The third-order valence-electron chi connectivity index (χ3n) is 4.73. The van der Waals surface area contributed by atoms with Crippen molar-refractivity contribution in [2.75, 3.05) is 5.75 Å². The van der Waals surface area contributed by atoms with Gasteiger partial charge in [0.2, 0.25) is 5.91 Å². The number of hydrogen-bond donors (Lipinski definition) is 1. The zero-order valence-corrected chi connectivity index (χ0v) is 18.9. The van der Waals surface area contributed by atoms with E-state index in [1.165, 1.54) is 11.8 Å². The van der Waals surface area contributed by atoms with Crippen LogP contribution in [-0.2, 0) is 31.4 Å². The van der Waals surface area contributed by atoms with E-state index in [-0.39, 0.29) is 17.3 Å². The zero-order valence-electron chi connectivity index (χ0n) is 17.3. The Morgan fingerprint density at radius 3 is 2.61 bits per heavy atom. The maximum Gasteiger partial charge on any atom is 0.312 e. The number of carbonyl (C=O) groups is 1. The fourth-order valence-corrected chi connectivity index (χ4v) is 3.93. The Hall–Kier alpha value is -2.92. The van der Waals surface area contributed by atoms with Crippen LogP contribution < -0.4 is 5.32 Å². The largest absolute Gasteiger partial charge is 0.351 e. The number of aryl methyl sites for hydroxylation is 3.